The van der Waals surface area contributed by atoms with E-state index in [-0.39, 0.29) is 0 Å². The summed E-state index contributed by atoms with van der Waals surface area (Å²) in [5, 5.41) is 6.96. The van der Waals surface area contributed by atoms with Gasteiger partial charge in [0.1, 0.15) is 0 Å². The van der Waals surface area contributed by atoms with Crippen molar-refractivity contribution in [3.05, 3.63) is 60.7 Å². The molecule has 8 nitrogen and oxygen atoms in total. The maximum Gasteiger partial charge on any atom is 0.226 e. The zero-order valence-corrected chi connectivity index (χ0v) is 23.1. The standard InChI is InChI=1S/C30H40N8/c1-5-37(6-2)21-19-31-28-27-29(36-30(35-28)32-20-22-38(7-3)8-4)34-26(24-17-13-10-14-18-24)25(33-27)23-15-11-9-12-16-23/h9-18H,5-8,19-22H2,1-4H3,(H2,31,32,34,35,36). The Morgan fingerprint density at radius 2 is 1.08 bits per heavy atom. The van der Waals surface area contributed by atoms with Gasteiger partial charge < -0.3 is 20.4 Å². The molecule has 4 rings (SSSR count). The highest BCUT2D eigenvalue weighted by Gasteiger charge is 2.18. The summed E-state index contributed by atoms with van der Waals surface area (Å²) in [6.07, 6.45) is 0. The monoisotopic (exact) mass is 512 g/mol. The molecule has 2 N–H and O–H groups in total. The molecular weight excluding hydrogens is 472 g/mol. The van der Waals surface area contributed by atoms with Gasteiger partial charge >= 0.3 is 0 Å². The van der Waals surface area contributed by atoms with E-state index in [9.17, 15) is 0 Å². The van der Waals surface area contributed by atoms with Gasteiger partial charge in [0, 0.05) is 37.3 Å². The van der Waals surface area contributed by atoms with E-state index in [1.54, 1.807) is 0 Å². The Bertz CT molecular complexity index is 1270. The van der Waals surface area contributed by atoms with E-state index < -0.39 is 0 Å². The van der Waals surface area contributed by atoms with E-state index in [0.29, 0.717) is 22.9 Å². The van der Waals surface area contributed by atoms with Crippen molar-refractivity contribution in [3.63, 3.8) is 0 Å². The first-order chi connectivity index (χ1) is 18.7. The summed E-state index contributed by atoms with van der Waals surface area (Å²) in [4.78, 5) is 24.6. The Balaban J connectivity index is 1.77. The van der Waals surface area contributed by atoms with Gasteiger partial charge in [0.15, 0.2) is 17.0 Å². The van der Waals surface area contributed by atoms with E-state index >= 15 is 0 Å². The lowest BCUT2D eigenvalue weighted by atomic mass is 10.0. The van der Waals surface area contributed by atoms with Crippen molar-refractivity contribution >= 4 is 22.9 Å². The zero-order chi connectivity index (χ0) is 26.7. The Morgan fingerprint density at radius 1 is 0.579 bits per heavy atom. The zero-order valence-electron chi connectivity index (χ0n) is 23.1. The summed E-state index contributed by atoms with van der Waals surface area (Å²) < 4.78 is 0. The van der Waals surface area contributed by atoms with Gasteiger partial charge in [-0.2, -0.15) is 9.97 Å². The van der Waals surface area contributed by atoms with Crippen LogP contribution in [0.15, 0.2) is 60.7 Å². The molecular formula is C30H40N8. The smallest absolute Gasteiger partial charge is 0.226 e. The van der Waals surface area contributed by atoms with Gasteiger partial charge in [-0.15, -0.1) is 0 Å². The number of hydrogen-bond donors (Lipinski definition) is 2. The molecule has 0 saturated carbocycles. The van der Waals surface area contributed by atoms with Crippen molar-refractivity contribution in [1.82, 2.24) is 29.7 Å². The number of nitrogens with one attached hydrogen (secondary N) is 2. The number of aromatic nitrogens is 4. The maximum absolute atomic E-state index is 5.14. The van der Waals surface area contributed by atoms with Crippen LogP contribution in [0.1, 0.15) is 27.7 Å². The van der Waals surface area contributed by atoms with E-state index in [2.05, 4.69) is 72.4 Å². The third-order valence-corrected chi connectivity index (χ3v) is 6.85. The van der Waals surface area contributed by atoms with Gasteiger partial charge in [0.2, 0.25) is 5.95 Å². The minimum Gasteiger partial charge on any atom is -0.367 e. The van der Waals surface area contributed by atoms with Gasteiger partial charge in [-0.25, -0.2) is 9.97 Å². The number of fused-ring (bicyclic) bond motifs is 1. The summed E-state index contributed by atoms with van der Waals surface area (Å²) in [6, 6.07) is 20.4. The molecule has 0 aliphatic carbocycles. The highest BCUT2D eigenvalue weighted by molar-refractivity contribution is 5.90. The normalized spacial score (nSPS) is 11.4. The lowest BCUT2D eigenvalue weighted by Crippen LogP contribution is -2.29. The van der Waals surface area contributed by atoms with Crippen molar-refractivity contribution in [2.75, 3.05) is 63.0 Å². The molecule has 0 aliphatic heterocycles. The van der Waals surface area contributed by atoms with Crippen LogP contribution in [0, 0.1) is 0 Å². The largest absolute Gasteiger partial charge is 0.367 e. The highest BCUT2D eigenvalue weighted by Crippen LogP contribution is 2.32. The maximum atomic E-state index is 5.14. The van der Waals surface area contributed by atoms with Crippen molar-refractivity contribution < 1.29 is 0 Å². The molecule has 0 amide bonds. The average molecular weight is 513 g/mol. The second-order valence-corrected chi connectivity index (χ2v) is 9.13. The number of hydrogen-bond acceptors (Lipinski definition) is 8. The van der Waals surface area contributed by atoms with Crippen LogP contribution in [0.2, 0.25) is 0 Å². The SMILES string of the molecule is CCN(CC)CCNc1nc(NCCN(CC)CC)c2nc(-c3ccccc3)c(-c3ccccc3)nc2n1. The second kappa shape index (κ2) is 13.8. The lowest BCUT2D eigenvalue weighted by molar-refractivity contribution is 0.315. The van der Waals surface area contributed by atoms with Crippen molar-refractivity contribution in [3.8, 4) is 22.5 Å². The summed E-state index contributed by atoms with van der Waals surface area (Å²) in [5.74, 6) is 1.27. The molecule has 200 valence electrons. The van der Waals surface area contributed by atoms with Gasteiger partial charge in [-0.3, -0.25) is 0 Å². The van der Waals surface area contributed by atoms with Crippen LogP contribution in [0.25, 0.3) is 33.7 Å². The highest BCUT2D eigenvalue weighted by atomic mass is 15.2. The van der Waals surface area contributed by atoms with Crippen LogP contribution in [-0.2, 0) is 0 Å². The summed E-state index contributed by atoms with van der Waals surface area (Å²) in [5.41, 5.74) is 4.91. The molecule has 8 heteroatoms. The van der Waals surface area contributed by atoms with E-state index in [4.69, 9.17) is 19.9 Å². The van der Waals surface area contributed by atoms with Crippen molar-refractivity contribution in [1.29, 1.82) is 0 Å². The minimum atomic E-state index is 0.566. The van der Waals surface area contributed by atoms with Crippen LogP contribution >= 0.6 is 0 Å². The van der Waals surface area contributed by atoms with Crippen LogP contribution in [0.5, 0.6) is 0 Å². The molecule has 2 aromatic carbocycles. The number of nitrogens with zero attached hydrogens (tertiary/aromatic N) is 6. The van der Waals surface area contributed by atoms with E-state index in [1.807, 2.05) is 36.4 Å². The fraction of sp³-hybridized carbons (Fsp3) is 0.400. The average Bonchev–Trinajstić information content (AvgIpc) is 2.98. The van der Waals surface area contributed by atoms with Gasteiger partial charge in [0.25, 0.3) is 0 Å². The Morgan fingerprint density at radius 3 is 1.61 bits per heavy atom. The molecule has 0 aliphatic rings. The molecule has 0 unspecified atom stereocenters. The Labute approximate surface area is 226 Å². The molecule has 38 heavy (non-hydrogen) atoms. The first-order valence-electron chi connectivity index (χ1n) is 13.8. The van der Waals surface area contributed by atoms with Crippen LogP contribution in [0.3, 0.4) is 0 Å². The van der Waals surface area contributed by atoms with Crippen LogP contribution in [0.4, 0.5) is 11.8 Å². The summed E-state index contributed by atoms with van der Waals surface area (Å²) >= 11 is 0. The van der Waals surface area contributed by atoms with Gasteiger partial charge in [-0.1, -0.05) is 88.4 Å². The molecule has 4 aromatic rings. The predicted molar refractivity (Wildman–Crippen MR) is 159 cm³/mol. The van der Waals surface area contributed by atoms with Gasteiger partial charge in [0.05, 0.1) is 11.4 Å². The predicted octanol–water partition coefficient (Wildman–Crippen LogP) is 5.26. The molecule has 0 fully saturated rings. The fourth-order valence-electron chi connectivity index (χ4n) is 4.48. The number of rotatable bonds is 14. The van der Waals surface area contributed by atoms with Crippen molar-refractivity contribution in [2.24, 2.45) is 0 Å². The topological polar surface area (TPSA) is 82.1 Å². The molecule has 0 spiro atoms. The molecule has 2 aromatic heterocycles. The first-order valence-corrected chi connectivity index (χ1v) is 13.8. The van der Waals surface area contributed by atoms with Gasteiger partial charge in [-0.05, 0) is 26.2 Å². The van der Waals surface area contributed by atoms with Crippen molar-refractivity contribution in [2.45, 2.75) is 27.7 Å². The third-order valence-electron chi connectivity index (χ3n) is 6.85. The fourth-order valence-corrected chi connectivity index (χ4v) is 4.48. The van der Waals surface area contributed by atoms with Crippen LogP contribution < -0.4 is 10.6 Å². The summed E-state index contributed by atoms with van der Waals surface area (Å²) in [6.45, 7) is 16.1. The Hall–Kier alpha value is -3.62. The second-order valence-electron chi connectivity index (χ2n) is 9.13. The molecule has 0 bridgehead atoms. The minimum absolute atomic E-state index is 0.566. The van der Waals surface area contributed by atoms with Crippen LogP contribution in [-0.4, -0.2) is 82.1 Å². The Kier molecular flexibility index (Phi) is 9.95. The molecule has 0 atom stereocenters. The summed E-state index contributed by atoms with van der Waals surface area (Å²) in [7, 11) is 0. The molecule has 2 heterocycles. The number of likely N-dealkylation sites (N-methyl/N-ethyl adjacent to an activating group) is 2. The number of anilines is 2. The molecule has 0 radical (unpaired) electrons. The third kappa shape index (κ3) is 6.82. The lowest BCUT2D eigenvalue weighted by Gasteiger charge is -2.20. The van der Waals surface area contributed by atoms with E-state index in [0.717, 1.165) is 74.9 Å². The quantitative estimate of drug-likeness (QED) is 0.237. The first kappa shape index (κ1) is 27.4. The van der Waals surface area contributed by atoms with E-state index in [1.165, 1.54) is 0 Å². The number of benzene rings is 2. The molecule has 0 saturated heterocycles.